The first-order valence-electron chi connectivity index (χ1n) is 7.13. The molecule has 0 saturated heterocycles. The number of rotatable bonds is 7. The van der Waals surface area contributed by atoms with Crippen molar-refractivity contribution in [2.45, 2.75) is 11.4 Å². The number of carbonyl (C=O) groups excluding carboxylic acids is 1. The molecule has 0 aliphatic carbocycles. The van der Waals surface area contributed by atoms with Crippen molar-refractivity contribution >= 4 is 21.6 Å². The Bertz CT molecular complexity index is 871. The van der Waals surface area contributed by atoms with Gasteiger partial charge in [-0.2, -0.15) is 4.31 Å². The topological polar surface area (TPSA) is 136 Å². The minimum absolute atomic E-state index is 0.136. The fourth-order valence-corrected chi connectivity index (χ4v) is 3.73. The zero-order valence-corrected chi connectivity index (χ0v) is 13.8. The van der Waals surface area contributed by atoms with Crippen molar-refractivity contribution in [3.63, 3.8) is 0 Å². The number of hydrogen-bond donors (Lipinski definition) is 2. The van der Waals surface area contributed by atoms with Crippen LogP contribution in [0.2, 0.25) is 0 Å². The molecule has 2 aromatic rings. The predicted octanol–water partition coefficient (Wildman–Crippen LogP) is 0.776. The summed E-state index contributed by atoms with van der Waals surface area (Å²) in [5.74, 6) is 4.31. The van der Waals surface area contributed by atoms with Gasteiger partial charge in [0.25, 0.3) is 15.7 Å². The number of amides is 1. The Balaban J connectivity index is 2.48. The molecule has 0 unspecified atom stereocenters. The standard InChI is InChI=1S/C15H16N4O5S/c16-17-15(20)11-18(10-12-6-2-1-3-7-12)25(23,24)14-9-5-4-8-13(14)19(21)22/h1-9H,10-11,16H2,(H,17,20). The molecule has 9 nitrogen and oxygen atoms in total. The van der Waals surface area contributed by atoms with E-state index in [1.54, 1.807) is 30.3 Å². The van der Waals surface area contributed by atoms with E-state index in [4.69, 9.17) is 5.84 Å². The maximum absolute atomic E-state index is 12.9. The molecule has 0 aromatic heterocycles. The molecule has 132 valence electrons. The average Bonchev–Trinajstić information content (AvgIpc) is 2.61. The molecule has 0 aliphatic heterocycles. The van der Waals surface area contributed by atoms with E-state index in [0.29, 0.717) is 5.56 Å². The van der Waals surface area contributed by atoms with E-state index >= 15 is 0 Å². The van der Waals surface area contributed by atoms with Gasteiger partial charge in [0, 0.05) is 12.6 Å². The summed E-state index contributed by atoms with van der Waals surface area (Å²) in [6.07, 6.45) is 0. The minimum Gasteiger partial charge on any atom is -0.293 e. The highest BCUT2D eigenvalue weighted by Gasteiger charge is 2.32. The zero-order chi connectivity index (χ0) is 18.4. The first-order chi connectivity index (χ1) is 11.9. The molecule has 2 rings (SSSR count). The molecule has 25 heavy (non-hydrogen) atoms. The van der Waals surface area contributed by atoms with E-state index in [-0.39, 0.29) is 6.54 Å². The Morgan fingerprint density at radius 3 is 2.32 bits per heavy atom. The average molecular weight is 364 g/mol. The largest absolute Gasteiger partial charge is 0.293 e. The third kappa shape index (κ3) is 4.38. The van der Waals surface area contributed by atoms with Crippen molar-refractivity contribution in [3.05, 3.63) is 70.3 Å². The van der Waals surface area contributed by atoms with Crippen LogP contribution in [0.1, 0.15) is 5.56 Å². The van der Waals surface area contributed by atoms with E-state index < -0.39 is 38.0 Å². The van der Waals surface area contributed by atoms with Crippen molar-refractivity contribution in [2.75, 3.05) is 6.54 Å². The van der Waals surface area contributed by atoms with Crippen LogP contribution in [0.25, 0.3) is 0 Å². The third-order valence-corrected chi connectivity index (χ3v) is 5.20. The molecule has 0 atom stereocenters. The Morgan fingerprint density at radius 1 is 1.12 bits per heavy atom. The first-order valence-corrected chi connectivity index (χ1v) is 8.57. The first kappa shape index (κ1) is 18.5. The lowest BCUT2D eigenvalue weighted by Gasteiger charge is -2.21. The van der Waals surface area contributed by atoms with Crippen LogP contribution in [0.3, 0.4) is 0 Å². The maximum atomic E-state index is 12.9. The molecule has 0 aliphatic rings. The summed E-state index contributed by atoms with van der Waals surface area (Å²) < 4.78 is 26.7. The number of benzene rings is 2. The summed E-state index contributed by atoms with van der Waals surface area (Å²) in [4.78, 5) is 21.5. The predicted molar refractivity (Wildman–Crippen MR) is 89.5 cm³/mol. The van der Waals surface area contributed by atoms with Gasteiger partial charge >= 0.3 is 0 Å². The molecule has 2 aromatic carbocycles. The van der Waals surface area contributed by atoms with Crippen LogP contribution in [0, 0.1) is 10.1 Å². The molecule has 3 N–H and O–H groups in total. The monoisotopic (exact) mass is 364 g/mol. The van der Waals surface area contributed by atoms with Crippen molar-refractivity contribution in [3.8, 4) is 0 Å². The number of carbonyl (C=O) groups is 1. The van der Waals surface area contributed by atoms with E-state index in [1.165, 1.54) is 12.1 Å². The third-order valence-electron chi connectivity index (χ3n) is 3.36. The van der Waals surface area contributed by atoms with E-state index in [2.05, 4.69) is 0 Å². The molecule has 1 amide bonds. The van der Waals surface area contributed by atoms with Crippen LogP contribution >= 0.6 is 0 Å². The zero-order valence-electron chi connectivity index (χ0n) is 13.0. The smallest absolute Gasteiger partial charge is 0.289 e. The molecule has 10 heteroatoms. The Hall–Kier alpha value is -2.82. The van der Waals surface area contributed by atoms with Crippen LogP contribution in [-0.2, 0) is 21.4 Å². The van der Waals surface area contributed by atoms with Crippen LogP contribution in [0.5, 0.6) is 0 Å². The summed E-state index contributed by atoms with van der Waals surface area (Å²) in [5.41, 5.74) is 1.92. The lowest BCUT2D eigenvalue weighted by molar-refractivity contribution is -0.387. The number of sulfonamides is 1. The van der Waals surface area contributed by atoms with E-state index in [1.807, 2.05) is 5.43 Å². The van der Waals surface area contributed by atoms with Gasteiger partial charge in [0.2, 0.25) is 5.91 Å². The highest BCUT2D eigenvalue weighted by molar-refractivity contribution is 7.89. The van der Waals surface area contributed by atoms with Gasteiger partial charge in [0.15, 0.2) is 4.90 Å². The van der Waals surface area contributed by atoms with Gasteiger partial charge in [0.05, 0.1) is 11.5 Å². The van der Waals surface area contributed by atoms with Gasteiger partial charge in [-0.25, -0.2) is 14.3 Å². The molecule has 0 spiro atoms. The Morgan fingerprint density at radius 2 is 1.72 bits per heavy atom. The molecule has 0 heterocycles. The normalized spacial score (nSPS) is 11.3. The summed E-state index contributed by atoms with van der Waals surface area (Å²) in [6, 6.07) is 13.5. The lowest BCUT2D eigenvalue weighted by atomic mass is 10.2. The number of nitrogens with one attached hydrogen (secondary N) is 1. The Labute approximate surface area is 144 Å². The Kier molecular flexibility index (Phi) is 5.80. The number of nitrogens with two attached hydrogens (primary N) is 1. The minimum atomic E-state index is -4.30. The van der Waals surface area contributed by atoms with Crippen LogP contribution in [0.4, 0.5) is 5.69 Å². The van der Waals surface area contributed by atoms with Crippen LogP contribution in [0.15, 0.2) is 59.5 Å². The summed E-state index contributed by atoms with van der Waals surface area (Å²) >= 11 is 0. The second kappa shape index (κ2) is 7.83. The number of para-hydroxylation sites is 1. The lowest BCUT2D eigenvalue weighted by Crippen LogP contribution is -2.42. The van der Waals surface area contributed by atoms with Gasteiger partial charge in [0.1, 0.15) is 0 Å². The highest BCUT2D eigenvalue weighted by Crippen LogP contribution is 2.27. The number of nitrogens with zero attached hydrogens (tertiary/aromatic N) is 2. The van der Waals surface area contributed by atoms with Gasteiger partial charge < -0.3 is 0 Å². The van der Waals surface area contributed by atoms with Gasteiger partial charge in [-0.15, -0.1) is 0 Å². The fourth-order valence-electron chi connectivity index (χ4n) is 2.18. The van der Waals surface area contributed by atoms with Crippen LogP contribution < -0.4 is 11.3 Å². The van der Waals surface area contributed by atoms with Crippen LogP contribution in [-0.4, -0.2) is 30.1 Å². The number of nitro groups is 1. The van der Waals surface area contributed by atoms with Crippen molar-refractivity contribution in [1.82, 2.24) is 9.73 Å². The number of hydrogen-bond acceptors (Lipinski definition) is 6. The second-order valence-electron chi connectivity index (χ2n) is 5.05. The maximum Gasteiger partial charge on any atom is 0.289 e. The number of hydrazine groups is 1. The quantitative estimate of drug-likeness (QED) is 0.322. The fraction of sp³-hybridized carbons (Fsp3) is 0.133. The molecule has 0 saturated carbocycles. The second-order valence-corrected chi connectivity index (χ2v) is 6.96. The highest BCUT2D eigenvalue weighted by atomic mass is 32.2. The molecular formula is C15H16N4O5S. The molecule has 0 radical (unpaired) electrons. The molecule has 0 fully saturated rings. The van der Waals surface area contributed by atoms with E-state index in [0.717, 1.165) is 16.4 Å². The van der Waals surface area contributed by atoms with Gasteiger partial charge in [-0.05, 0) is 11.6 Å². The van der Waals surface area contributed by atoms with Crippen molar-refractivity contribution < 1.29 is 18.1 Å². The van der Waals surface area contributed by atoms with Crippen molar-refractivity contribution in [1.29, 1.82) is 0 Å². The van der Waals surface area contributed by atoms with Gasteiger partial charge in [-0.1, -0.05) is 42.5 Å². The number of nitro benzene ring substituents is 1. The molecular weight excluding hydrogens is 348 g/mol. The van der Waals surface area contributed by atoms with Gasteiger partial charge in [-0.3, -0.25) is 20.3 Å². The molecule has 0 bridgehead atoms. The van der Waals surface area contributed by atoms with E-state index in [9.17, 15) is 23.3 Å². The summed E-state index contributed by atoms with van der Waals surface area (Å²) in [7, 11) is -4.30. The summed E-state index contributed by atoms with van der Waals surface area (Å²) in [6.45, 7) is -0.706. The summed E-state index contributed by atoms with van der Waals surface area (Å²) in [5, 5.41) is 11.2. The SMILES string of the molecule is NNC(=O)CN(Cc1ccccc1)S(=O)(=O)c1ccccc1[N+](=O)[O-]. The van der Waals surface area contributed by atoms with Crippen molar-refractivity contribution in [2.24, 2.45) is 5.84 Å².